The molecule has 1 aromatic heterocycles. The molecule has 1 saturated carbocycles. The number of nitrogens with one attached hydrogen (secondary N) is 2. The lowest BCUT2D eigenvalue weighted by molar-refractivity contribution is -0.124. The Morgan fingerprint density at radius 2 is 1.96 bits per heavy atom. The van der Waals surface area contributed by atoms with Crippen molar-refractivity contribution in [3.63, 3.8) is 0 Å². The lowest BCUT2D eigenvalue weighted by atomic mass is 9.95. The number of benzene rings is 1. The summed E-state index contributed by atoms with van der Waals surface area (Å²) < 4.78 is 18.9. The normalized spacial score (nSPS) is 14.6. The van der Waals surface area contributed by atoms with Crippen LogP contribution in [0.2, 0.25) is 0 Å². The second-order valence-electron chi connectivity index (χ2n) is 6.95. The minimum atomic E-state index is -0.265. The van der Waals surface area contributed by atoms with Gasteiger partial charge in [0.25, 0.3) is 5.91 Å². The van der Waals surface area contributed by atoms with Crippen LogP contribution in [0, 0.1) is 19.7 Å². The van der Waals surface area contributed by atoms with Crippen molar-refractivity contribution in [1.82, 2.24) is 15.3 Å². The molecule has 144 valence electrons. The molecular formula is C20H25FN4O2. The van der Waals surface area contributed by atoms with E-state index in [0.717, 1.165) is 25.7 Å². The number of hydrogen-bond acceptors (Lipinski definition) is 5. The smallest absolute Gasteiger partial charge is 0.258 e. The highest BCUT2D eigenvalue weighted by molar-refractivity contribution is 5.77. The Morgan fingerprint density at radius 3 is 2.70 bits per heavy atom. The van der Waals surface area contributed by atoms with Gasteiger partial charge in [-0.3, -0.25) is 4.79 Å². The topological polar surface area (TPSA) is 76.1 Å². The number of nitrogens with zero attached hydrogens (tertiary/aromatic N) is 2. The van der Waals surface area contributed by atoms with Gasteiger partial charge in [-0.1, -0.05) is 19.3 Å². The number of carbonyl (C=O) groups is 1. The molecule has 1 heterocycles. The molecular weight excluding hydrogens is 347 g/mol. The number of aromatic nitrogens is 2. The standard InChI is InChI=1S/C20H25FN4O2/c1-13-10-16(8-9-17(13)21)24-20-22-14(2)11-19(25-20)27-12-18(26)23-15-6-4-3-5-7-15/h8-11,15H,3-7,12H2,1-2H3,(H,23,26)(H,22,24,25). The van der Waals surface area contributed by atoms with E-state index in [4.69, 9.17) is 4.74 Å². The molecule has 2 aromatic rings. The van der Waals surface area contributed by atoms with Crippen LogP contribution >= 0.6 is 0 Å². The van der Waals surface area contributed by atoms with Gasteiger partial charge in [0.15, 0.2) is 6.61 Å². The maximum Gasteiger partial charge on any atom is 0.258 e. The van der Waals surface area contributed by atoms with Gasteiger partial charge in [-0.25, -0.2) is 9.37 Å². The second-order valence-corrected chi connectivity index (χ2v) is 6.95. The Bertz CT molecular complexity index is 807. The van der Waals surface area contributed by atoms with Crippen molar-refractivity contribution in [3.05, 3.63) is 41.3 Å². The maximum atomic E-state index is 13.4. The predicted octanol–water partition coefficient (Wildman–Crippen LogP) is 3.80. The van der Waals surface area contributed by atoms with Crippen LogP contribution in [0.5, 0.6) is 5.88 Å². The summed E-state index contributed by atoms with van der Waals surface area (Å²) in [5.41, 5.74) is 1.91. The average molecular weight is 372 g/mol. The molecule has 1 fully saturated rings. The van der Waals surface area contributed by atoms with Crippen LogP contribution in [0.15, 0.2) is 24.3 Å². The van der Waals surface area contributed by atoms with Crippen molar-refractivity contribution in [1.29, 1.82) is 0 Å². The summed E-state index contributed by atoms with van der Waals surface area (Å²) in [6.45, 7) is 3.43. The number of hydrogen-bond donors (Lipinski definition) is 2. The third kappa shape index (κ3) is 5.64. The van der Waals surface area contributed by atoms with Crippen molar-refractivity contribution >= 4 is 17.5 Å². The highest BCUT2D eigenvalue weighted by Gasteiger charge is 2.16. The molecule has 1 aromatic carbocycles. The molecule has 0 spiro atoms. The summed E-state index contributed by atoms with van der Waals surface area (Å²) in [6, 6.07) is 6.61. The molecule has 27 heavy (non-hydrogen) atoms. The van der Waals surface area contributed by atoms with E-state index in [-0.39, 0.29) is 24.4 Å². The fourth-order valence-corrected chi connectivity index (χ4v) is 3.18. The first-order chi connectivity index (χ1) is 13.0. The quantitative estimate of drug-likeness (QED) is 0.806. The van der Waals surface area contributed by atoms with Gasteiger partial charge >= 0.3 is 0 Å². The van der Waals surface area contributed by atoms with Crippen molar-refractivity contribution in [2.75, 3.05) is 11.9 Å². The first-order valence-corrected chi connectivity index (χ1v) is 9.30. The second kappa shape index (κ2) is 8.79. The molecule has 6 nitrogen and oxygen atoms in total. The fraction of sp³-hybridized carbons (Fsp3) is 0.450. The van der Waals surface area contributed by atoms with E-state index >= 15 is 0 Å². The number of ether oxygens (including phenoxy) is 1. The molecule has 1 aliphatic carbocycles. The molecule has 1 aliphatic rings. The summed E-state index contributed by atoms with van der Waals surface area (Å²) in [5.74, 6) is 0.256. The minimum absolute atomic E-state index is 0.0813. The third-order valence-corrected chi connectivity index (χ3v) is 4.57. The summed E-state index contributed by atoms with van der Waals surface area (Å²) in [4.78, 5) is 20.7. The average Bonchev–Trinajstić information content (AvgIpc) is 2.63. The Kier molecular flexibility index (Phi) is 6.21. The Morgan fingerprint density at radius 1 is 1.19 bits per heavy atom. The summed E-state index contributed by atoms with van der Waals surface area (Å²) in [6.07, 6.45) is 5.63. The van der Waals surface area contributed by atoms with E-state index in [1.807, 2.05) is 6.92 Å². The van der Waals surface area contributed by atoms with Gasteiger partial charge in [0, 0.05) is 23.5 Å². The number of anilines is 2. The van der Waals surface area contributed by atoms with Crippen molar-refractivity contribution < 1.29 is 13.9 Å². The van der Waals surface area contributed by atoms with Crippen LogP contribution in [-0.2, 0) is 4.79 Å². The fourth-order valence-electron chi connectivity index (χ4n) is 3.18. The van der Waals surface area contributed by atoms with Crippen LogP contribution < -0.4 is 15.4 Å². The van der Waals surface area contributed by atoms with Gasteiger partial charge in [-0.05, 0) is 50.5 Å². The first-order valence-electron chi connectivity index (χ1n) is 9.30. The molecule has 1 amide bonds. The molecule has 2 N–H and O–H groups in total. The monoisotopic (exact) mass is 372 g/mol. The zero-order valence-corrected chi connectivity index (χ0v) is 15.7. The van der Waals surface area contributed by atoms with E-state index < -0.39 is 0 Å². The van der Waals surface area contributed by atoms with Gasteiger partial charge in [-0.15, -0.1) is 0 Å². The summed E-state index contributed by atoms with van der Waals surface area (Å²) >= 11 is 0. The largest absolute Gasteiger partial charge is 0.467 e. The van der Waals surface area contributed by atoms with E-state index in [9.17, 15) is 9.18 Å². The zero-order valence-electron chi connectivity index (χ0n) is 15.7. The number of aryl methyl sites for hydroxylation is 2. The van der Waals surface area contributed by atoms with Gasteiger partial charge in [0.1, 0.15) is 5.82 Å². The number of amides is 1. The Labute approximate surface area is 158 Å². The van der Waals surface area contributed by atoms with Crippen LogP contribution in [0.25, 0.3) is 0 Å². The SMILES string of the molecule is Cc1cc(OCC(=O)NC2CCCCC2)nc(Nc2ccc(F)c(C)c2)n1. The Hall–Kier alpha value is -2.70. The number of carbonyl (C=O) groups excluding carboxylic acids is 1. The highest BCUT2D eigenvalue weighted by atomic mass is 19.1. The van der Waals surface area contributed by atoms with Gasteiger partial charge in [0.2, 0.25) is 11.8 Å². The highest BCUT2D eigenvalue weighted by Crippen LogP contribution is 2.20. The molecule has 0 atom stereocenters. The van der Waals surface area contributed by atoms with Crippen molar-refractivity contribution in [2.24, 2.45) is 0 Å². The first kappa shape index (κ1) is 19.1. The summed E-state index contributed by atoms with van der Waals surface area (Å²) in [7, 11) is 0. The van der Waals surface area contributed by atoms with E-state index in [0.29, 0.717) is 28.8 Å². The number of halogens is 1. The zero-order chi connectivity index (χ0) is 19.2. The molecule has 7 heteroatoms. The molecule has 0 saturated heterocycles. The maximum absolute atomic E-state index is 13.4. The predicted molar refractivity (Wildman–Crippen MR) is 102 cm³/mol. The molecule has 0 bridgehead atoms. The molecule has 0 aliphatic heterocycles. The van der Waals surface area contributed by atoms with Crippen molar-refractivity contribution in [3.8, 4) is 5.88 Å². The van der Waals surface area contributed by atoms with Crippen molar-refractivity contribution in [2.45, 2.75) is 52.0 Å². The number of rotatable bonds is 6. The van der Waals surface area contributed by atoms with Gasteiger partial charge < -0.3 is 15.4 Å². The van der Waals surface area contributed by atoms with E-state index in [2.05, 4.69) is 20.6 Å². The van der Waals surface area contributed by atoms with Gasteiger partial charge in [-0.2, -0.15) is 4.98 Å². The van der Waals surface area contributed by atoms with Crippen LogP contribution in [0.3, 0.4) is 0 Å². The molecule has 3 rings (SSSR count). The van der Waals surface area contributed by atoms with Crippen LogP contribution in [0.1, 0.15) is 43.4 Å². The van der Waals surface area contributed by atoms with E-state index in [1.54, 1.807) is 25.1 Å². The molecule has 0 radical (unpaired) electrons. The van der Waals surface area contributed by atoms with Crippen LogP contribution in [0.4, 0.5) is 16.0 Å². The third-order valence-electron chi connectivity index (χ3n) is 4.57. The lowest BCUT2D eigenvalue weighted by Crippen LogP contribution is -2.39. The Balaban J connectivity index is 1.59. The van der Waals surface area contributed by atoms with Gasteiger partial charge in [0.05, 0.1) is 0 Å². The molecule has 0 unspecified atom stereocenters. The summed E-state index contributed by atoms with van der Waals surface area (Å²) in [5, 5.41) is 6.05. The van der Waals surface area contributed by atoms with E-state index in [1.165, 1.54) is 12.5 Å². The minimum Gasteiger partial charge on any atom is -0.467 e. The van der Waals surface area contributed by atoms with Crippen LogP contribution in [-0.4, -0.2) is 28.5 Å². The lowest BCUT2D eigenvalue weighted by Gasteiger charge is -2.22.